The van der Waals surface area contributed by atoms with Gasteiger partial charge in [0, 0.05) is 11.3 Å². The van der Waals surface area contributed by atoms with E-state index in [9.17, 15) is 18.7 Å². The summed E-state index contributed by atoms with van der Waals surface area (Å²) in [6.45, 7) is 5.70. The molecular weight excluding hydrogens is 320 g/mol. The van der Waals surface area contributed by atoms with Gasteiger partial charge in [0.15, 0.2) is 16.9 Å². The Hall–Kier alpha value is -3.03. The Morgan fingerprint density at radius 1 is 1.25 bits per heavy atom. The molecule has 0 fully saturated rings. The first kappa shape index (κ1) is 17.3. The van der Waals surface area contributed by atoms with E-state index < -0.39 is 28.9 Å². The van der Waals surface area contributed by atoms with Crippen molar-refractivity contribution in [2.75, 3.05) is 5.32 Å². The number of rotatable bonds is 3. The molecule has 0 aliphatic rings. The topological polar surface area (TPSA) is 88.2 Å². The molecule has 0 saturated carbocycles. The molecule has 0 spiro atoms. The molecule has 2 N–H and O–H groups in total. The predicted molar refractivity (Wildman–Crippen MR) is 84.5 cm³/mol. The molecule has 0 bridgehead atoms. The number of aromatic carboxylic acids is 1. The first-order valence-corrected chi connectivity index (χ1v) is 7.18. The number of nitrogens with zero attached hydrogens (tertiary/aromatic N) is 2. The van der Waals surface area contributed by atoms with Crippen LogP contribution < -0.4 is 5.32 Å². The Balaban J connectivity index is 0.00000100. The summed E-state index contributed by atoms with van der Waals surface area (Å²) in [7, 11) is 0. The fourth-order valence-electron chi connectivity index (χ4n) is 2.03. The molecule has 0 saturated heterocycles. The molecule has 0 unspecified atom stereocenters. The summed E-state index contributed by atoms with van der Waals surface area (Å²) >= 11 is 0. The standard InChI is InChI=1S/C14H9F2N3O3.C2H6/c1-6-2-3-9(8(15)4-6)17-12-7(14(20)21)5-10-13(11(12)16)18-19-22-10;1-2/h2-5,17H,1H3,(H,20,21);1-2H3. The summed E-state index contributed by atoms with van der Waals surface area (Å²) in [6, 6.07) is 5.33. The number of benzene rings is 2. The lowest BCUT2D eigenvalue weighted by Crippen LogP contribution is -2.06. The predicted octanol–water partition coefficient (Wildman–Crippen LogP) is 4.28. The van der Waals surface area contributed by atoms with Crippen LogP contribution in [-0.4, -0.2) is 21.4 Å². The maximum absolute atomic E-state index is 14.4. The number of aromatic nitrogens is 2. The highest BCUT2D eigenvalue weighted by Crippen LogP contribution is 2.31. The summed E-state index contributed by atoms with van der Waals surface area (Å²) in [4.78, 5) is 11.3. The quantitative estimate of drug-likeness (QED) is 0.743. The van der Waals surface area contributed by atoms with Crippen molar-refractivity contribution < 1.29 is 23.2 Å². The highest BCUT2D eigenvalue weighted by atomic mass is 19.1. The van der Waals surface area contributed by atoms with Crippen LogP contribution in [0, 0.1) is 18.6 Å². The maximum Gasteiger partial charge on any atom is 0.338 e. The summed E-state index contributed by atoms with van der Waals surface area (Å²) in [5.74, 6) is -3.00. The van der Waals surface area contributed by atoms with Crippen molar-refractivity contribution in [3.8, 4) is 0 Å². The molecule has 1 aromatic heterocycles. The molecule has 3 aromatic rings. The van der Waals surface area contributed by atoms with Crippen LogP contribution in [0.5, 0.6) is 0 Å². The Morgan fingerprint density at radius 2 is 1.96 bits per heavy atom. The second-order valence-electron chi connectivity index (χ2n) is 4.65. The van der Waals surface area contributed by atoms with E-state index in [0.717, 1.165) is 6.07 Å². The molecule has 0 atom stereocenters. The smallest absolute Gasteiger partial charge is 0.338 e. The van der Waals surface area contributed by atoms with Gasteiger partial charge in [-0.3, -0.25) is 0 Å². The van der Waals surface area contributed by atoms with E-state index in [1.165, 1.54) is 12.1 Å². The van der Waals surface area contributed by atoms with Crippen molar-refractivity contribution in [3.05, 3.63) is 47.0 Å². The number of carboxylic acid groups (broad SMARTS) is 1. The van der Waals surface area contributed by atoms with Crippen LogP contribution >= 0.6 is 0 Å². The van der Waals surface area contributed by atoms with E-state index in [2.05, 4.69) is 20.2 Å². The number of anilines is 2. The van der Waals surface area contributed by atoms with Crippen molar-refractivity contribution in [1.29, 1.82) is 0 Å². The van der Waals surface area contributed by atoms with Gasteiger partial charge < -0.3 is 14.9 Å². The average molecular weight is 335 g/mol. The number of nitrogens with one attached hydrogen (secondary N) is 1. The third kappa shape index (κ3) is 3.17. The first-order chi connectivity index (χ1) is 11.5. The summed E-state index contributed by atoms with van der Waals surface area (Å²) in [6.07, 6.45) is 0. The Morgan fingerprint density at radius 3 is 2.58 bits per heavy atom. The zero-order chi connectivity index (χ0) is 17.9. The molecule has 3 rings (SSSR count). The molecule has 24 heavy (non-hydrogen) atoms. The zero-order valence-electron chi connectivity index (χ0n) is 13.2. The van der Waals surface area contributed by atoms with E-state index >= 15 is 0 Å². The van der Waals surface area contributed by atoms with Gasteiger partial charge in [-0.05, 0) is 24.6 Å². The van der Waals surface area contributed by atoms with Crippen LogP contribution in [0.4, 0.5) is 20.2 Å². The molecule has 8 heteroatoms. The molecule has 2 aromatic carbocycles. The Bertz CT molecular complexity index is 894. The molecule has 0 aliphatic heterocycles. The van der Waals surface area contributed by atoms with Gasteiger partial charge in [-0.2, -0.15) is 0 Å². The molecule has 6 nitrogen and oxygen atoms in total. The van der Waals surface area contributed by atoms with Crippen LogP contribution in [0.1, 0.15) is 29.8 Å². The van der Waals surface area contributed by atoms with Gasteiger partial charge in [-0.15, -0.1) is 5.10 Å². The van der Waals surface area contributed by atoms with Crippen molar-refractivity contribution in [2.45, 2.75) is 20.8 Å². The molecule has 0 radical (unpaired) electrons. The third-order valence-electron chi connectivity index (χ3n) is 3.10. The van der Waals surface area contributed by atoms with Gasteiger partial charge in [0.25, 0.3) is 0 Å². The van der Waals surface area contributed by atoms with Gasteiger partial charge >= 0.3 is 5.97 Å². The minimum absolute atomic E-state index is 0.0530. The van der Waals surface area contributed by atoms with E-state index in [1.807, 2.05) is 13.8 Å². The lowest BCUT2D eigenvalue weighted by Gasteiger charge is -2.11. The lowest BCUT2D eigenvalue weighted by atomic mass is 10.1. The van der Waals surface area contributed by atoms with Gasteiger partial charge in [-0.25, -0.2) is 13.6 Å². The number of aryl methyl sites for hydroxylation is 1. The molecule has 1 heterocycles. The Kier molecular flexibility index (Phi) is 5.08. The number of fused-ring (bicyclic) bond motifs is 1. The fourth-order valence-corrected chi connectivity index (χ4v) is 2.03. The van der Waals surface area contributed by atoms with Crippen LogP contribution in [0.3, 0.4) is 0 Å². The minimum Gasteiger partial charge on any atom is -0.478 e. The van der Waals surface area contributed by atoms with Crippen LogP contribution in [0.2, 0.25) is 0 Å². The van der Waals surface area contributed by atoms with E-state index in [-0.39, 0.29) is 16.8 Å². The maximum atomic E-state index is 14.4. The molecule has 0 aliphatic carbocycles. The molecule has 0 amide bonds. The number of hydrogen-bond acceptors (Lipinski definition) is 5. The summed E-state index contributed by atoms with van der Waals surface area (Å²) < 4.78 is 33.0. The SMILES string of the molecule is CC.Cc1ccc(Nc2c(C(=O)O)cc3onnc3c2F)c(F)c1. The van der Waals surface area contributed by atoms with E-state index in [4.69, 9.17) is 0 Å². The van der Waals surface area contributed by atoms with Crippen molar-refractivity contribution in [3.63, 3.8) is 0 Å². The summed E-state index contributed by atoms with van der Waals surface area (Å²) in [5.41, 5.74) is -0.534. The van der Waals surface area contributed by atoms with Crippen molar-refractivity contribution in [1.82, 2.24) is 10.4 Å². The van der Waals surface area contributed by atoms with Crippen molar-refractivity contribution in [2.24, 2.45) is 0 Å². The number of hydrogen-bond donors (Lipinski definition) is 2. The van der Waals surface area contributed by atoms with Gasteiger partial charge in [0.05, 0.1) is 16.9 Å². The number of carbonyl (C=O) groups is 1. The number of carboxylic acids is 1. The summed E-state index contributed by atoms with van der Waals surface area (Å²) in [5, 5.41) is 18.3. The highest BCUT2D eigenvalue weighted by Gasteiger charge is 2.22. The molecule has 126 valence electrons. The molecular formula is C16H15F2N3O3. The van der Waals surface area contributed by atoms with Gasteiger partial charge in [0.1, 0.15) is 5.82 Å². The average Bonchev–Trinajstić information content (AvgIpc) is 3.02. The van der Waals surface area contributed by atoms with E-state index in [1.54, 1.807) is 13.0 Å². The van der Waals surface area contributed by atoms with Gasteiger partial charge in [-0.1, -0.05) is 19.9 Å². The number of halogens is 2. The second kappa shape index (κ2) is 7.03. The van der Waals surface area contributed by atoms with Crippen LogP contribution in [0.15, 0.2) is 28.8 Å². The van der Waals surface area contributed by atoms with E-state index in [0.29, 0.717) is 5.56 Å². The first-order valence-electron chi connectivity index (χ1n) is 7.18. The van der Waals surface area contributed by atoms with Crippen LogP contribution in [-0.2, 0) is 0 Å². The van der Waals surface area contributed by atoms with Gasteiger partial charge in [0.2, 0.25) is 0 Å². The largest absolute Gasteiger partial charge is 0.478 e. The monoisotopic (exact) mass is 335 g/mol. The zero-order valence-corrected chi connectivity index (χ0v) is 13.2. The lowest BCUT2D eigenvalue weighted by molar-refractivity contribution is 0.0697. The highest BCUT2D eigenvalue weighted by molar-refractivity contribution is 6.00. The van der Waals surface area contributed by atoms with Crippen molar-refractivity contribution >= 4 is 28.4 Å². The fraction of sp³-hybridized carbons (Fsp3) is 0.188. The Labute approximate surface area is 136 Å². The normalized spacial score (nSPS) is 10.2. The minimum atomic E-state index is -1.40. The second-order valence-corrected chi connectivity index (χ2v) is 4.65. The third-order valence-corrected chi connectivity index (χ3v) is 3.10. The van der Waals surface area contributed by atoms with Crippen LogP contribution in [0.25, 0.3) is 11.1 Å².